The number of carbonyl (C=O) groups excluding carboxylic acids is 1. The highest BCUT2D eigenvalue weighted by molar-refractivity contribution is 5.67. The maximum absolute atomic E-state index is 13.6. The molecule has 0 fully saturated rings. The molecule has 0 saturated heterocycles. The zero-order valence-corrected chi connectivity index (χ0v) is 19.6. The highest BCUT2D eigenvalue weighted by atomic mass is 16.5. The van der Waals surface area contributed by atoms with E-state index in [1.165, 1.54) is 6.92 Å². The fourth-order valence-electron chi connectivity index (χ4n) is 4.55. The molecule has 0 spiro atoms. The van der Waals surface area contributed by atoms with E-state index in [0.29, 0.717) is 30.2 Å². The average molecular weight is 448 g/mol. The SMILES string of the molecule is CCn1c(-c2ccc(OC)cc2C)nc(C)c(NC2c3ccccc3CC2OC(C)=O)c1=O. The van der Waals surface area contributed by atoms with Gasteiger partial charge in [0, 0.05) is 25.5 Å². The van der Waals surface area contributed by atoms with Crippen molar-refractivity contribution in [3.05, 3.63) is 75.2 Å². The minimum atomic E-state index is -0.391. The van der Waals surface area contributed by atoms with Gasteiger partial charge in [-0.1, -0.05) is 24.3 Å². The van der Waals surface area contributed by atoms with Crippen molar-refractivity contribution in [3.8, 4) is 17.1 Å². The van der Waals surface area contributed by atoms with Crippen molar-refractivity contribution >= 4 is 11.7 Å². The van der Waals surface area contributed by atoms with Gasteiger partial charge < -0.3 is 14.8 Å². The summed E-state index contributed by atoms with van der Waals surface area (Å²) in [7, 11) is 1.63. The molecule has 1 N–H and O–H groups in total. The second-order valence-electron chi connectivity index (χ2n) is 8.30. The van der Waals surface area contributed by atoms with E-state index in [2.05, 4.69) is 5.32 Å². The van der Waals surface area contributed by atoms with Crippen molar-refractivity contribution in [2.24, 2.45) is 0 Å². The Morgan fingerprint density at radius 1 is 1.21 bits per heavy atom. The van der Waals surface area contributed by atoms with Crippen LogP contribution in [0, 0.1) is 13.8 Å². The first kappa shape index (κ1) is 22.6. The predicted octanol–water partition coefficient (Wildman–Crippen LogP) is 4.20. The van der Waals surface area contributed by atoms with Gasteiger partial charge in [-0.15, -0.1) is 0 Å². The van der Waals surface area contributed by atoms with Gasteiger partial charge in [0.2, 0.25) is 0 Å². The number of nitrogens with one attached hydrogen (secondary N) is 1. The number of carbonyl (C=O) groups is 1. The molecule has 2 unspecified atom stereocenters. The Morgan fingerprint density at radius 2 is 1.97 bits per heavy atom. The van der Waals surface area contributed by atoms with Crippen molar-refractivity contribution < 1.29 is 14.3 Å². The largest absolute Gasteiger partial charge is 0.497 e. The topological polar surface area (TPSA) is 82.4 Å². The quantitative estimate of drug-likeness (QED) is 0.571. The number of fused-ring (bicyclic) bond motifs is 1. The summed E-state index contributed by atoms with van der Waals surface area (Å²) >= 11 is 0. The molecule has 3 aromatic rings. The van der Waals surface area contributed by atoms with Crippen LogP contribution in [-0.4, -0.2) is 28.7 Å². The zero-order chi connectivity index (χ0) is 23.7. The van der Waals surface area contributed by atoms with Crippen LogP contribution in [0.1, 0.15) is 42.3 Å². The molecule has 172 valence electrons. The van der Waals surface area contributed by atoms with Crippen molar-refractivity contribution in [3.63, 3.8) is 0 Å². The molecule has 0 amide bonds. The van der Waals surface area contributed by atoms with Crippen LogP contribution in [0.5, 0.6) is 5.75 Å². The Labute approximate surface area is 193 Å². The molecule has 0 radical (unpaired) electrons. The zero-order valence-electron chi connectivity index (χ0n) is 19.6. The third kappa shape index (κ3) is 4.23. The van der Waals surface area contributed by atoms with Crippen LogP contribution >= 0.6 is 0 Å². The summed E-state index contributed by atoms with van der Waals surface area (Å²) in [6.45, 7) is 7.61. The van der Waals surface area contributed by atoms with Crippen molar-refractivity contribution in [2.75, 3.05) is 12.4 Å². The first-order chi connectivity index (χ1) is 15.8. The number of esters is 1. The molecule has 1 aliphatic carbocycles. The highest BCUT2D eigenvalue weighted by Crippen LogP contribution is 2.36. The van der Waals surface area contributed by atoms with Crippen LogP contribution in [-0.2, 0) is 22.5 Å². The standard InChI is InChI=1S/C26H29N3O4/c1-6-29-25(20-12-11-19(32-5)13-15(20)2)27-16(3)23(26(29)31)28-24-21-10-8-7-9-18(21)14-22(24)33-17(4)30/h7-13,22,24,28H,6,14H2,1-5H3. The fourth-order valence-corrected chi connectivity index (χ4v) is 4.55. The summed E-state index contributed by atoms with van der Waals surface area (Å²) in [6.07, 6.45) is 0.211. The van der Waals surface area contributed by atoms with Crippen LogP contribution < -0.4 is 15.6 Å². The van der Waals surface area contributed by atoms with E-state index in [4.69, 9.17) is 14.5 Å². The van der Waals surface area contributed by atoms with Gasteiger partial charge in [-0.3, -0.25) is 14.2 Å². The summed E-state index contributed by atoms with van der Waals surface area (Å²) in [4.78, 5) is 30.2. The van der Waals surface area contributed by atoms with E-state index in [1.54, 1.807) is 11.7 Å². The molecular weight excluding hydrogens is 418 g/mol. The number of aryl methyl sites for hydroxylation is 2. The maximum atomic E-state index is 13.6. The Bertz CT molecular complexity index is 1260. The van der Waals surface area contributed by atoms with E-state index in [-0.39, 0.29) is 17.6 Å². The van der Waals surface area contributed by atoms with Crippen LogP contribution in [0.3, 0.4) is 0 Å². The Balaban J connectivity index is 1.78. The molecule has 7 heteroatoms. The number of hydrogen-bond acceptors (Lipinski definition) is 6. The lowest BCUT2D eigenvalue weighted by molar-refractivity contribution is -0.146. The molecule has 1 heterocycles. The average Bonchev–Trinajstić information content (AvgIpc) is 3.12. The number of ether oxygens (including phenoxy) is 2. The van der Waals surface area contributed by atoms with E-state index in [9.17, 15) is 9.59 Å². The minimum absolute atomic E-state index is 0.152. The molecule has 2 aromatic carbocycles. The first-order valence-corrected chi connectivity index (χ1v) is 11.1. The molecule has 0 saturated carbocycles. The molecular formula is C26H29N3O4. The molecule has 33 heavy (non-hydrogen) atoms. The number of benzene rings is 2. The van der Waals surface area contributed by atoms with E-state index in [0.717, 1.165) is 28.0 Å². The summed E-state index contributed by atoms with van der Waals surface area (Å²) in [5.74, 6) is 1.04. The van der Waals surface area contributed by atoms with Gasteiger partial charge in [0.15, 0.2) is 0 Å². The Hall–Kier alpha value is -3.61. The van der Waals surface area contributed by atoms with Crippen molar-refractivity contribution in [1.82, 2.24) is 9.55 Å². The van der Waals surface area contributed by atoms with E-state index < -0.39 is 6.10 Å². The number of rotatable bonds is 6. The molecule has 0 bridgehead atoms. The van der Waals surface area contributed by atoms with Gasteiger partial charge in [-0.05, 0) is 55.7 Å². The molecule has 0 aliphatic heterocycles. The second kappa shape index (κ2) is 9.10. The Kier molecular flexibility index (Phi) is 6.22. The highest BCUT2D eigenvalue weighted by Gasteiger charge is 2.35. The monoisotopic (exact) mass is 447 g/mol. The van der Waals surface area contributed by atoms with Gasteiger partial charge in [0.1, 0.15) is 23.4 Å². The molecule has 1 aromatic heterocycles. The number of methoxy groups -OCH3 is 1. The molecule has 4 rings (SSSR count). The van der Waals surface area contributed by atoms with Gasteiger partial charge in [0.05, 0.1) is 18.8 Å². The summed E-state index contributed by atoms with van der Waals surface area (Å²) < 4.78 is 12.6. The smallest absolute Gasteiger partial charge is 0.302 e. The number of nitrogens with zero attached hydrogens (tertiary/aromatic N) is 2. The first-order valence-electron chi connectivity index (χ1n) is 11.1. The van der Waals surface area contributed by atoms with E-state index in [1.807, 2.05) is 63.2 Å². The third-order valence-electron chi connectivity index (χ3n) is 6.14. The van der Waals surface area contributed by atoms with Gasteiger partial charge in [-0.2, -0.15) is 0 Å². The third-order valence-corrected chi connectivity index (χ3v) is 6.14. The lowest BCUT2D eigenvalue weighted by Crippen LogP contribution is -2.32. The Morgan fingerprint density at radius 3 is 2.64 bits per heavy atom. The lowest BCUT2D eigenvalue weighted by Gasteiger charge is -2.24. The minimum Gasteiger partial charge on any atom is -0.497 e. The summed E-state index contributed by atoms with van der Waals surface area (Å²) in [5, 5.41) is 3.38. The number of anilines is 1. The normalized spacial score (nSPS) is 16.9. The van der Waals surface area contributed by atoms with Gasteiger partial charge >= 0.3 is 5.97 Å². The molecule has 1 aliphatic rings. The van der Waals surface area contributed by atoms with Crippen LogP contribution in [0.4, 0.5) is 5.69 Å². The molecule has 2 atom stereocenters. The van der Waals surface area contributed by atoms with E-state index >= 15 is 0 Å². The number of hydrogen-bond donors (Lipinski definition) is 1. The molecule has 7 nitrogen and oxygen atoms in total. The lowest BCUT2D eigenvalue weighted by atomic mass is 10.1. The summed E-state index contributed by atoms with van der Waals surface area (Å²) in [6, 6.07) is 13.4. The van der Waals surface area contributed by atoms with Crippen molar-refractivity contribution in [1.29, 1.82) is 0 Å². The second-order valence-corrected chi connectivity index (χ2v) is 8.30. The fraction of sp³-hybridized carbons (Fsp3) is 0.346. The van der Waals surface area contributed by atoms with Crippen LogP contribution in [0.2, 0.25) is 0 Å². The predicted molar refractivity (Wildman–Crippen MR) is 128 cm³/mol. The van der Waals surface area contributed by atoms with Gasteiger partial charge in [-0.25, -0.2) is 4.98 Å². The van der Waals surface area contributed by atoms with Crippen LogP contribution in [0.25, 0.3) is 11.4 Å². The maximum Gasteiger partial charge on any atom is 0.302 e. The van der Waals surface area contributed by atoms with Gasteiger partial charge in [0.25, 0.3) is 5.56 Å². The van der Waals surface area contributed by atoms with Crippen LogP contribution in [0.15, 0.2) is 47.3 Å². The summed E-state index contributed by atoms with van der Waals surface area (Å²) in [5.41, 5.74) is 4.86. The van der Waals surface area contributed by atoms with Crippen molar-refractivity contribution in [2.45, 2.75) is 52.8 Å². The number of aromatic nitrogens is 2.